The summed E-state index contributed by atoms with van der Waals surface area (Å²) >= 11 is 0. The van der Waals surface area contributed by atoms with E-state index in [-0.39, 0.29) is 24.3 Å². The molecule has 2 atom stereocenters. The number of hydrogen-bond donors (Lipinski definition) is 2. The second kappa shape index (κ2) is 13.4. The van der Waals surface area contributed by atoms with E-state index in [2.05, 4.69) is 24.5 Å². The number of aryl methyl sites for hydroxylation is 1. The Morgan fingerprint density at radius 3 is 2.58 bits per heavy atom. The van der Waals surface area contributed by atoms with Crippen molar-refractivity contribution in [2.45, 2.75) is 58.2 Å². The van der Waals surface area contributed by atoms with Gasteiger partial charge in [0.1, 0.15) is 17.6 Å². The highest BCUT2D eigenvalue weighted by Gasteiger charge is 2.38. The summed E-state index contributed by atoms with van der Waals surface area (Å²) in [5.41, 5.74) is 1.72. The second-order valence-electron chi connectivity index (χ2n) is 10.6. The monoisotopic (exact) mass is 553 g/mol. The van der Waals surface area contributed by atoms with Gasteiger partial charge in [-0.1, -0.05) is 19.9 Å². The van der Waals surface area contributed by atoms with Crippen molar-refractivity contribution >= 4 is 17.7 Å². The van der Waals surface area contributed by atoms with Crippen molar-refractivity contribution in [3.05, 3.63) is 47.5 Å². The van der Waals surface area contributed by atoms with Crippen LogP contribution >= 0.6 is 0 Å². The lowest BCUT2D eigenvalue weighted by atomic mass is 10.1. The normalized spacial score (nSPS) is 19.8. The number of rotatable bonds is 5. The third-order valence-electron chi connectivity index (χ3n) is 7.15. The Morgan fingerprint density at radius 2 is 1.82 bits per heavy atom. The third-order valence-corrected chi connectivity index (χ3v) is 7.15. The van der Waals surface area contributed by atoms with Crippen LogP contribution in [0.1, 0.15) is 44.2 Å². The van der Waals surface area contributed by atoms with E-state index in [4.69, 9.17) is 18.9 Å². The zero-order chi connectivity index (χ0) is 28.6. The number of likely N-dealkylation sites (tertiary alicyclic amines) is 1. The second-order valence-corrected chi connectivity index (χ2v) is 10.6. The van der Waals surface area contributed by atoms with Crippen molar-refractivity contribution in [2.24, 2.45) is 5.92 Å². The van der Waals surface area contributed by atoms with E-state index in [1.54, 1.807) is 30.2 Å². The lowest BCUT2D eigenvalue weighted by Gasteiger charge is -2.22. The van der Waals surface area contributed by atoms with Crippen LogP contribution in [0.3, 0.4) is 0 Å². The Balaban J connectivity index is 1.59. The topological polar surface area (TPSA) is 115 Å². The van der Waals surface area contributed by atoms with Crippen molar-refractivity contribution < 1.29 is 33.3 Å². The Hall–Kier alpha value is -3.95. The molecule has 216 valence electrons. The fourth-order valence-electron chi connectivity index (χ4n) is 4.84. The first kappa shape index (κ1) is 29.0. The number of ether oxygens (including phenoxy) is 4. The van der Waals surface area contributed by atoms with E-state index in [9.17, 15) is 14.4 Å². The first-order valence-corrected chi connectivity index (χ1v) is 13.7. The van der Waals surface area contributed by atoms with Crippen LogP contribution in [0.2, 0.25) is 0 Å². The van der Waals surface area contributed by atoms with Gasteiger partial charge in [-0.15, -0.1) is 0 Å². The average Bonchev–Trinajstić information content (AvgIpc) is 3.34. The van der Waals surface area contributed by atoms with E-state index in [1.165, 1.54) is 7.11 Å². The molecule has 2 N–H and O–H groups in total. The van der Waals surface area contributed by atoms with Crippen LogP contribution in [0.5, 0.6) is 23.0 Å². The van der Waals surface area contributed by atoms with Gasteiger partial charge in [0.2, 0.25) is 11.8 Å². The molecule has 10 heteroatoms. The number of amides is 3. The molecule has 0 aromatic heterocycles. The molecular weight excluding hydrogens is 514 g/mol. The maximum atomic E-state index is 13.0. The molecule has 0 radical (unpaired) electrons. The van der Waals surface area contributed by atoms with Crippen LogP contribution in [0.25, 0.3) is 0 Å². The molecule has 4 bridgehead atoms. The molecule has 1 saturated heterocycles. The summed E-state index contributed by atoms with van der Waals surface area (Å²) in [5.74, 6) is 2.05. The minimum atomic E-state index is -0.471. The van der Waals surface area contributed by atoms with Gasteiger partial charge < -0.3 is 34.5 Å². The SMILES string of the molecule is COc1cc2ccc1CNC(=O)CCc1ccc(c(OC)c1)OCC(=O)N[C@@H]1CN(C(=O)CCC(C)C)C[C@H]1O2. The van der Waals surface area contributed by atoms with Gasteiger partial charge in [-0.2, -0.15) is 0 Å². The number of benzene rings is 2. The molecule has 0 saturated carbocycles. The highest BCUT2D eigenvalue weighted by Crippen LogP contribution is 2.30. The van der Waals surface area contributed by atoms with Gasteiger partial charge in [-0.25, -0.2) is 0 Å². The lowest BCUT2D eigenvalue weighted by molar-refractivity contribution is -0.131. The highest BCUT2D eigenvalue weighted by molar-refractivity contribution is 5.79. The summed E-state index contributed by atoms with van der Waals surface area (Å²) in [7, 11) is 3.09. The molecule has 3 amide bonds. The van der Waals surface area contributed by atoms with Gasteiger partial charge >= 0.3 is 0 Å². The number of nitrogens with zero attached hydrogens (tertiary/aromatic N) is 1. The predicted molar refractivity (Wildman–Crippen MR) is 149 cm³/mol. The summed E-state index contributed by atoms with van der Waals surface area (Å²) in [6.07, 6.45) is 1.58. The van der Waals surface area contributed by atoms with Crippen molar-refractivity contribution in [1.29, 1.82) is 0 Å². The quantitative estimate of drug-likeness (QED) is 0.585. The molecule has 0 unspecified atom stereocenters. The van der Waals surface area contributed by atoms with Gasteiger partial charge in [0, 0.05) is 37.6 Å². The lowest BCUT2D eigenvalue weighted by Crippen LogP contribution is -2.46. The van der Waals surface area contributed by atoms with E-state index in [1.807, 2.05) is 18.2 Å². The average molecular weight is 554 g/mol. The summed E-state index contributed by atoms with van der Waals surface area (Å²) < 4.78 is 23.1. The summed E-state index contributed by atoms with van der Waals surface area (Å²) in [5, 5.41) is 5.95. The standard InChI is InChI=1S/C30H39N3O7/c1-19(2)5-12-30(36)33-16-23-27(17-33)40-22-9-8-21(25(14-22)37-3)15-31-28(34)11-7-20-6-10-24(26(13-20)38-4)39-18-29(35)32-23/h6,8-10,13-14,19,23,27H,5,7,11-12,15-18H2,1-4H3,(H,31,34)(H,32,35)/t23-,27-/m1/s1. The minimum Gasteiger partial charge on any atom is -0.496 e. The maximum absolute atomic E-state index is 13.0. The van der Waals surface area contributed by atoms with Crippen LogP contribution in [0.4, 0.5) is 0 Å². The Labute approximate surface area is 235 Å². The molecule has 2 aromatic carbocycles. The van der Waals surface area contributed by atoms with E-state index in [0.29, 0.717) is 67.8 Å². The molecule has 5 aliphatic heterocycles. The zero-order valence-corrected chi connectivity index (χ0v) is 23.7. The Kier molecular flexibility index (Phi) is 9.74. The van der Waals surface area contributed by atoms with Gasteiger partial charge in [0.05, 0.1) is 26.8 Å². The van der Waals surface area contributed by atoms with Crippen LogP contribution in [0.15, 0.2) is 36.4 Å². The fraction of sp³-hybridized carbons (Fsp3) is 0.500. The van der Waals surface area contributed by atoms with E-state index in [0.717, 1.165) is 17.5 Å². The van der Waals surface area contributed by atoms with Gasteiger partial charge in [0.15, 0.2) is 18.1 Å². The summed E-state index contributed by atoms with van der Waals surface area (Å²) in [4.78, 5) is 40.2. The summed E-state index contributed by atoms with van der Waals surface area (Å²) in [6, 6.07) is 10.4. The number of nitrogens with one attached hydrogen (secondary N) is 2. The molecule has 5 heterocycles. The predicted octanol–water partition coefficient (Wildman–Crippen LogP) is 2.86. The van der Waals surface area contributed by atoms with Crippen LogP contribution in [0, 0.1) is 5.92 Å². The molecule has 2 aromatic rings. The number of carbonyl (C=O) groups excluding carboxylic acids is 3. The van der Waals surface area contributed by atoms with Gasteiger partial charge in [0.25, 0.3) is 5.91 Å². The first-order chi connectivity index (χ1) is 19.2. The molecule has 0 spiro atoms. The summed E-state index contributed by atoms with van der Waals surface area (Å²) in [6.45, 7) is 4.93. The van der Waals surface area contributed by atoms with E-state index < -0.39 is 12.1 Å². The zero-order valence-electron chi connectivity index (χ0n) is 23.7. The number of hydrogen-bond acceptors (Lipinski definition) is 7. The molecule has 7 rings (SSSR count). The molecule has 5 aliphatic rings. The van der Waals surface area contributed by atoms with Crippen molar-refractivity contribution in [3.63, 3.8) is 0 Å². The van der Waals surface area contributed by atoms with Gasteiger partial charge in [-0.05, 0) is 48.6 Å². The maximum Gasteiger partial charge on any atom is 0.258 e. The van der Waals surface area contributed by atoms with Crippen LogP contribution in [-0.2, 0) is 27.3 Å². The molecule has 0 aliphatic carbocycles. The molecule has 10 nitrogen and oxygen atoms in total. The molecule has 1 fully saturated rings. The molecular formula is C30H39N3O7. The smallest absolute Gasteiger partial charge is 0.258 e. The number of methoxy groups -OCH3 is 2. The van der Waals surface area contributed by atoms with Crippen molar-refractivity contribution in [1.82, 2.24) is 15.5 Å². The van der Waals surface area contributed by atoms with E-state index >= 15 is 0 Å². The minimum absolute atomic E-state index is 0.0364. The van der Waals surface area contributed by atoms with Gasteiger partial charge in [-0.3, -0.25) is 14.4 Å². The van der Waals surface area contributed by atoms with Crippen molar-refractivity contribution in [3.8, 4) is 23.0 Å². The van der Waals surface area contributed by atoms with Crippen LogP contribution < -0.4 is 29.6 Å². The van der Waals surface area contributed by atoms with Crippen molar-refractivity contribution in [2.75, 3.05) is 33.9 Å². The Morgan fingerprint density at radius 1 is 1.02 bits per heavy atom. The fourth-order valence-corrected chi connectivity index (χ4v) is 4.84. The largest absolute Gasteiger partial charge is 0.496 e. The number of carbonyl (C=O) groups is 3. The Bertz CT molecular complexity index is 1220. The molecule has 40 heavy (non-hydrogen) atoms. The van der Waals surface area contributed by atoms with Crippen LogP contribution in [-0.4, -0.2) is 68.7 Å². The first-order valence-electron chi connectivity index (χ1n) is 13.7. The third kappa shape index (κ3) is 7.58. The highest BCUT2D eigenvalue weighted by atomic mass is 16.5.